The molecule has 1 aliphatic rings. The highest BCUT2D eigenvalue weighted by Gasteiger charge is 2.18. The zero-order valence-corrected chi connectivity index (χ0v) is 11.6. The molecule has 1 aromatic heterocycles. The van der Waals surface area contributed by atoms with Gasteiger partial charge in [0.15, 0.2) is 5.78 Å². The molecule has 2 rings (SSSR count). The van der Waals surface area contributed by atoms with E-state index in [2.05, 4.69) is 0 Å². The van der Waals surface area contributed by atoms with Gasteiger partial charge in [-0.3, -0.25) is 9.59 Å². The summed E-state index contributed by atoms with van der Waals surface area (Å²) in [6.07, 6.45) is 4.12. The van der Waals surface area contributed by atoms with Gasteiger partial charge in [0.05, 0.1) is 4.88 Å². The maximum Gasteiger partial charge on any atom is 0.223 e. The molecule has 0 unspecified atom stereocenters. The van der Waals surface area contributed by atoms with Gasteiger partial charge in [0.2, 0.25) is 5.91 Å². The number of likely N-dealkylation sites (tertiary alicyclic amines) is 1. The van der Waals surface area contributed by atoms with E-state index < -0.39 is 0 Å². The SMILES string of the molecule is Cc1ccc(C(=O)CCC(=O)N2CCCCC2)s1. The van der Waals surface area contributed by atoms with E-state index in [0.29, 0.717) is 12.8 Å². The summed E-state index contributed by atoms with van der Waals surface area (Å²) in [7, 11) is 0. The van der Waals surface area contributed by atoms with Gasteiger partial charge in [-0.1, -0.05) is 0 Å². The summed E-state index contributed by atoms with van der Waals surface area (Å²) in [5, 5.41) is 0. The average molecular weight is 265 g/mol. The lowest BCUT2D eigenvalue weighted by Gasteiger charge is -2.26. The first-order chi connectivity index (χ1) is 8.66. The summed E-state index contributed by atoms with van der Waals surface area (Å²) in [5.41, 5.74) is 0. The van der Waals surface area contributed by atoms with Crippen LogP contribution < -0.4 is 0 Å². The molecule has 0 aliphatic carbocycles. The third-order valence-corrected chi connectivity index (χ3v) is 4.33. The van der Waals surface area contributed by atoms with Gasteiger partial charge in [-0.2, -0.15) is 0 Å². The Kier molecular flexibility index (Phi) is 4.53. The Hall–Kier alpha value is -1.16. The van der Waals surface area contributed by atoms with Crippen LogP contribution in [0.1, 0.15) is 46.7 Å². The molecule has 2 heterocycles. The summed E-state index contributed by atoms with van der Waals surface area (Å²) in [4.78, 5) is 27.6. The largest absolute Gasteiger partial charge is 0.343 e. The zero-order chi connectivity index (χ0) is 13.0. The predicted molar refractivity (Wildman–Crippen MR) is 73.1 cm³/mol. The van der Waals surface area contributed by atoms with Crippen molar-refractivity contribution in [1.29, 1.82) is 0 Å². The summed E-state index contributed by atoms with van der Waals surface area (Å²) in [5.74, 6) is 0.231. The number of carbonyl (C=O) groups excluding carboxylic acids is 2. The molecule has 0 spiro atoms. The van der Waals surface area contributed by atoms with Crippen molar-refractivity contribution in [3.63, 3.8) is 0 Å². The van der Waals surface area contributed by atoms with E-state index >= 15 is 0 Å². The third kappa shape index (κ3) is 3.42. The monoisotopic (exact) mass is 265 g/mol. The van der Waals surface area contributed by atoms with Crippen LogP contribution in [0.15, 0.2) is 12.1 Å². The van der Waals surface area contributed by atoms with Crippen molar-refractivity contribution in [3.8, 4) is 0 Å². The second-order valence-corrected chi connectivity index (χ2v) is 6.06. The summed E-state index contributed by atoms with van der Waals surface area (Å²) >= 11 is 1.51. The quantitative estimate of drug-likeness (QED) is 0.785. The predicted octanol–water partition coefficient (Wildman–Crippen LogP) is 3.03. The van der Waals surface area contributed by atoms with Crippen LogP contribution in [0, 0.1) is 6.92 Å². The van der Waals surface area contributed by atoms with Crippen molar-refractivity contribution in [1.82, 2.24) is 4.90 Å². The number of rotatable bonds is 4. The van der Waals surface area contributed by atoms with Crippen molar-refractivity contribution in [3.05, 3.63) is 21.9 Å². The van der Waals surface area contributed by atoms with Gasteiger partial charge in [0.25, 0.3) is 0 Å². The van der Waals surface area contributed by atoms with E-state index in [0.717, 1.165) is 35.7 Å². The highest BCUT2D eigenvalue weighted by atomic mass is 32.1. The lowest BCUT2D eigenvalue weighted by Crippen LogP contribution is -2.35. The summed E-state index contributed by atoms with van der Waals surface area (Å²) in [6, 6.07) is 3.80. The van der Waals surface area contributed by atoms with Gasteiger partial charge in [-0.05, 0) is 38.3 Å². The lowest BCUT2D eigenvalue weighted by molar-refractivity contribution is -0.132. The van der Waals surface area contributed by atoms with E-state index in [-0.39, 0.29) is 11.7 Å². The number of carbonyl (C=O) groups is 2. The van der Waals surface area contributed by atoms with Crippen molar-refractivity contribution < 1.29 is 9.59 Å². The topological polar surface area (TPSA) is 37.4 Å². The Morgan fingerprint density at radius 2 is 1.89 bits per heavy atom. The van der Waals surface area contributed by atoms with Crippen LogP contribution in [-0.4, -0.2) is 29.7 Å². The molecule has 4 heteroatoms. The van der Waals surface area contributed by atoms with E-state index in [1.807, 2.05) is 24.0 Å². The number of ketones is 1. The Balaban J connectivity index is 1.80. The number of thiophene rings is 1. The number of hydrogen-bond acceptors (Lipinski definition) is 3. The molecule has 0 atom stereocenters. The van der Waals surface area contributed by atoms with E-state index in [1.165, 1.54) is 17.8 Å². The summed E-state index contributed by atoms with van der Waals surface area (Å²) < 4.78 is 0. The van der Waals surface area contributed by atoms with Crippen molar-refractivity contribution in [2.24, 2.45) is 0 Å². The molecule has 1 amide bonds. The molecular weight excluding hydrogens is 246 g/mol. The fraction of sp³-hybridized carbons (Fsp3) is 0.571. The van der Waals surface area contributed by atoms with Crippen LogP contribution in [0.5, 0.6) is 0 Å². The molecule has 0 radical (unpaired) electrons. The maximum absolute atomic E-state index is 11.9. The minimum Gasteiger partial charge on any atom is -0.343 e. The fourth-order valence-electron chi connectivity index (χ4n) is 2.23. The first-order valence-electron chi connectivity index (χ1n) is 6.54. The van der Waals surface area contributed by atoms with Gasteiger partial charge in [-0.25, -0.2) is 0 Å². The van der Waals surface area contributed by atoms with Crippen LogP contribution in [0.2, 0.25) is 0 Å². The average Bonchev–Trinajstić information content (AvgIpc) is 2.83. The normalized spacial score (nSPS) is 15.7. The van der Waals surface area contributed by atoms with Crippen LogP contribution >= 0.6 is 11.3 Å². The zero-order valence-electron chi connectivity index (χ0n) is 10.8. The molecule has 1 saturated heterocycles. The highest BCUT2D eigenvalue weighted by Crippen LogP contribution is 2.18. The van der Waals surface area contributed by atoms with Gasteiger partial charge in [-0.15, -0.1) is 11.3 Å². The fourth-order valence-corrected chi connectivity index (χ4v) is 3.06. The molecular formula is C14H19NO2S. The Bertz CT molecular complexity index is 433. The number of Topliss-reactive ketones (excluding diaryl/α,β-unsaturated/α-hetero) is 1. The molecule has 18 heavy (non-hydrogen) atoms. The molecule has 1 aliphatic heterocycles. The molecule has 0 aromatic carbocycles. The smallest absolute Gasteiger partial charge is 0.223 e. The first kappa shape index (κ1) is 13.3. The molecule has 1 fully saturated rings. The van der Waals surface area contributed by atoms with Gasteiger partial charge in [0.1, 0.15) is 0 Å². The van der Waals surface area contributed by atoms with Gasteiger partial charge in [0, 0.05) is 30.8 Å². The van der Waals surface area contributed by atoms with Crippen molar-refractivity contribution in [2.75, 3.05) is 13.1 Å². The number of hydrogen-bond donors (Lipinski definition) is 0. The summed E-state index contributed by atoms with van der Waals surface area (Å²) in [6.45, 7) is 3.72. The van der Waals surface area contributed by atoms with Gasteiger partial charge >= 0.3 is 0 Å². The number of aryl methyl sites for hydroxylation is 1. The first-order valence-corrected chi connectivity index (χ1v) is 7.36. The molecule has 1 aromatic rings. The Morgan fingerprint density at radius 3 is 2.50 bits per heavy atom. The van der Waals surface area contributed by atoms with Crippen LogP contribution in [0.3, 0.4) is 0 Å². The highest BCUT2D eigenvalue weighted by molar-refractivity contribution is 7.14. The van der Waals surface area contributed by atoms with E-state index in [1.54, 1.807) is 0 Å². The third-order valence-electron chi connectivity index (χ3n) is 3.29. The second kappa shape index (κ2) is 6.14. The Labute approximate surface area is 112 Å². The maximum atomic E-state index is 11.9. The number of piperidine rings is 1. The van der Waals surface area contributed by atoms with Crippen LogP contribution in [0.4, 0.5) is 0 Å². The van der Waals surface area contributed by atoms with Gasteiger partial charge < -0.3 is 4.90 Å². The second-order valence-electron chi connectivity index (χ2n) is 4.77. The van der Waals surface area contributed by atoms with E-state index in [9.17, 15) is 9.59 Å². The molecule has 98 valence electrons. The standard InChI is InChI=1S/C14H19NO2S/c1-11-5-7-13(18-11)12(16)6-8-14(17)15-9-3-2-4-10-15/h5,7H,2-4,6,8-10H2,1H3. The van der Waals surface area contributed by atoms with Crippen molar-refractivity contribution >= 4 is 23.0 Å². The number of amides is 1. The van der Waals surface area contributed by atoms with E-state index in [4.69, 9.17) is 0 Å². The molecule has 0 N–H and O–H groups in total. The minimum absolute atomic E-state index is 0.0958. The molecule has 0 bridgehead atoms. The Morgan fingerprint density at radius 1 is 1.17 bits per heavy atom. The minimum atomic E-state index is 0.0958. The van der Waals surface area contributed by atoms with Crippen LogP contribution in [-0.2, 0) is 4.79 Å². The molecule has 0 saturated carbocycles. The molecule has 3 nitrogen and oxygen atoms in total. The van der Waals surface area contributed by atoms with Crippen LogP contribution in [0.25, 0.3) is 0 Å². The number of nitrogens with zero attached hydrogens (tertiary/aromatic N) is 1. The van der Waals surface area contributed by atoms with Crippen molar-refractivity contribution in [2.45, 2.75) is 39.0 Å². The lowest BCUT2D eigenvalue weighted by atomic mass is 10.1.